The van der Waals surface area contributed by atoms with E-state index in [9.17, 15) is 4.79 Å². The number of carbonyl (C=O) groups is 1. The molecule has 0 bridgehead atoms. The van der Waals surface area contributed by atoms with Gasteiger partial charge in [-0.3, -0.25) is 4.90 Å². The average Bonchev–Trinajstić information content (AvgIpc) is 2.38. The lowest BCUT2D eigenvalue weighted by Gasteiger charge is -2.37. The van der Waals surface area contributed by atoms with Crippen molar-refractivity contribution in [2.24, 2.45) is 0 Å². The molecule has 0 saturated carbocycles. The van der Waals surface area contributed by atoms with Crippen LogP contribution in [0.4, 0.5) is 10.6 Å². The molecule has 1 aliphatic heterocycles. The third-order valence-electron chi connectivity index (χ3n) is 3.11. The van der Waals surface area contributed by atoms with Crippen LogP contribution in [0.1, 0.15) is 40.0 Å². The second-order valence-electron chi connectivity index (χ2n) is 6.04. The van der Waals surface area contributed by atoms with Gasteiger partial charge in [-0.05, 0) is 52.2 Å². The summed E-state index contributed by atoms with van der Waals surface area (Å²) in [7, 11) is 0. The molecule has 1 aromatic heterocycles. The molecule has 2 rings (SSSR count). The summed E-state index contributed by atoms with van der Waals surface area (Å²) in [6.07, 6.45) is 4.46. The summed E-state index contributed by atoms with van der Waals surface area (Å²) in [5, 5.41) is 3.31. The number of amides is 1. The summed E-state index contributed by atoms with van der Waals surface area (Å²) in [4.78, 5) is 18.3. The topological polar surface area (TPSA) is 54.5 Å². The summed E-state index contributed by atoms with van der Waals surface area (Å²) in [5.74, 6) is 0.785. The van der Waals surface area contributed by atoms with Crippen LogP contribution < -0.4 is 5.32 Å². The number of nitrogens with zero attached hydrogens (tertiary/aromatic N) is 2. The molecule has 1 N–H and O–H groups in total. The first-order valence-electron chi connectivity index (χ1n) is 7.13. The van der Waals surface area contributed by atoms with Crippen molar-refractivity contribution in [2.75, 3.05) is 11.9 Å². The highest BCUT2D eigenvalue weighted by Gasteiger charge is 2.30. The molecule has 0 spiro atoms. The molecule has 1 saturated heterocycles. The zero-order valence-corrected chi connectivity index (χ0v) is 12.4. The molecule has 1 aliphatic rings. The molecule has 1 atom stereocenters. The van der Waals surface area contributed by atoms with Crippen LogP contribution in [-0.2, 0) is 4.74 Å². The van der Waals surface area contributed by atoms with Crippen LogP contribution in [-0.4, -0.2) is 34.3 Å². The van der Waals surface area contributed by atoms with E-state index in [4.69, 9.17) is 4.74 Å². The highest BCUT2D eigenvalue weighted by Crippen LogP contribution is 2.21. The number of nitrogens with one attached hydrogen (secondary N) is 1. The molecule has 110 valence electrons. The van der Waals surface area contributed by atoms with Crippen LogP contribution in [0.2, 0.25) is 0 Å². The lowest BCUT2D eigenvalue weighted by Crippen LogP contribution is -2.49. The minimum atomic E-state index is -0.468. The maximum atomic E-state index is 12.3. The van der Waals surface area contributed by atoms with Gasteiger partial charge in [0.15, 0.2) is 0 Å². The standard InChI is InChI=1S/C15H23N3O2/c1-15(2,3)20-14(19)18-11-7-5-9-13(18)17-12-8-4-6-10-16-12/h4,6,8,10,13H,5,7,9,11H2,1-3H3,(H,16,17). The first kappa shape index (κ1) is 14.6. The Kier molecular flexibility index (Phi) is 4.47. The Bertz CT molecular complexity index is 442. The van der Waals surface area contributed by atoms with Crippen molar-refractivity contribution < 1.29 is 9.53 Å². The van der Waals surface area contributed by atoms with Crippen molar-refractivity contribution in [2.45, 2.75) is 51.8 Å². The number of pyridine rings is 1. The zero-order chi connectivity index (χ0) is 14.6. The van der Waals surface area contributed by atoms with E-state index in [1.54, 1.807) is 11.1 Å². The van der Waals surface area contributed by atoms with Gasteiger partial charge in [-0.2, -0.15) is 0 Å². The minimum Gasteiger partial charge on any atom is -0.444 e. The fraction of sp³-hybridized carbons (Fsp3) is 0.600. The molecule has 0 aliphatic carbocycles. The van der Waals surface area contributed by atoms with E-state index in [-0.39, 0.29) is 12.3 Å². The predicted octanol–water partition coefficient (Wildman–Crippen LogP) is 3.24. The molecule has 20 heavy (non-hydrogen) atoms. The van der Waals surface area contributed by atoms with E-state index < -0.39 is 5.60 Å². The van der Waals surface area contributed by atoms with Crippen molar-refractivity contribution >= 4 is 11.9 Å². The van der Waals surface area contributed by atoms with Gasteiger partial charge < -0.3 is 10.1 Å². The van der Waals surface area contributed by atoms with E-state index in [2.05, 4.69) is 10.3 Å². The Morgan fingerprint density at radius 2 is 2.20 bits per heavy atom. The zero-order valence-electron chi connectivity index (χ0n) is 12.4. The minimum absolute atomic E-state index is 0.0477. The molecule has 0 radical (unpaired) electrons. The van der Waals surface area contributed by atoms with Gasteiger partial charge in [0, 0.05) is 12.7 Å². The second-order valence-corrected chi connectivity index (χ2v) is 6.04. The maximum absolute atomic E-state index is 12.3. The summed E-state index contributed by atoms with van der Waals surface area (Å²) in [6, 6.07) is 5.70. The Morgan fingerprint density at radius 1 is 1.40 bits per heavy atom. The Morgan fingerprint density at radius 3 is 2.85 bits per heavy atom. The Labute approximate surface area is 120 Å². The van der Waals surface area contributed by atoms with E-state index in [0.717, 1.165) is 31.6 Å². The molecule has 1 aromatic rings. The first-order chi connectivity index (χ1) is 9.46. The van der Waals surface area contributed by atoms with Crippen LogP contribution in [0.3, 0.4) is 0 Å². The molecule has 1 unspecified atom stereocenters. The van der Waals surface area contributed by atoms with Gasteiger partial charge in [0.25, 0.3) is 0 Å². The molecule has 1 fully saturated rings. The fourth-order valence-electron chi connectivity index (χ4n) is 2.24. The number of anilines is 1. The summed E-state index contributed by atoms with van der Waals surface area (Å²) >= 11 is 0. The quantitative estimate of drug-likeness (QED) is 0.901. The van der Waals surface area contributed by atoms with Crippen LogP contribution in [0.15, 0.2) is 24.4 Å². The highest BCUT2D eigenvalue weighted by atomic mass is 16.6. The second kappa shape index (κ2) is 6.11. The van der Waals surface area contributed by atoms with Gasteiger partial charge in [-0.1, -0.05) is 6.07 Å². The SMILES string of the molecule is CC(C)(C)OC(=O)N1CCCCC1Nc1ccccn1. The van der Waals surface area contributed by atoms with E-state index in [0.29, 0.717) is 0 Å². The normalized spacial score (nSPS) is 19.6. The maximum Gasteiger partial charge on any atom is 0.411 e. The number of carbonyl (C=O) groups excluding carboxylic acids is 1. The molecule has 1 amide bonds. The molecule has 2 heterocycles. The molecule has 0 aromatic carbocycles. The molecular weight excluding hydrogens is 254 g/mol. The van der Waals surface area contributed by atoms with E-state index in [1.807, 2.05) is 39.0 Å². The predicted molar refractivity (Wildman–Crippen MR) is 78.4 cm³/mol. The number of aromatic nitrogens is 1. The Hall–Kier alpha value is -1.78. The van der Waals surface area contributed by atoms with Crippen LogP contribution in [0, 0.1) is 0 Å². The summed E-state index contributed by atoms with van der Waals surface area (Å²) < 4.78 is 5.47. The van der Waals surface area contributed by atoms with E-state index in [1.165, 1.54) is 0 Å². The van der Waals surface area contributed by atoms with Crippen LogP contribution >= 0.6 is 0 Å². The summed E-state index contributed by atoms with van der Waals surface area (Å²) in [5.41, 5.74) is -0.468. The third-order valence-corrected chi connectivity index (χ3v) is 3.11. The number of ether oxygens (including phenoxy) is 1. The fourth-order valence-corrected chi connectivity index (χ4v) is 2.24. The Balaban J connectivity index is 2.03. The number of hydrogen-bond acceptors (Lipinski definition) is 4. The smallest absolute Gasteiger partial charge is 0.411 e. The van der Waals surface area contributed by atoms with Gasteiger partial charge in [-0.15, -0.1) is 0 Å². The molecular formula is C15H23N3O2. The monoisotopic (exact) mass is 277 g/mol. The lowest BCUT2D eigenvalue weighted by molar-refractivity contribution is 0.0130. The lowest BCUT2D eigenvalue weighted by atomic mass is 10.1. The van der Waals surface area contributed by atoms with Crippen molar-refractivity contribution in [3.8, 4) is 0 Å². The largest absolute Gasteiger partial charge is 0.444 e. The number of rotatable bonds is 2. The molecule has 5 heteroatoms. The number of piperidine rings is 1. The van der Waals surface area contributed by atoms with Crippen molar-refractivity contribution in [1.82, 2.24) is 9.88 Å². The number of hydrogen-bond donors (Lipinski definition) is 1. The first-order valence-corrected chi connectivity index (χ1v) is 7.13. The van der Waals surface area contributed by atoms with Gasteiger partial charge in [-0.25, -0.2) is 9.78 Å². The van der Waals surface area contributed by atoms with E-state index >= 15 is 0 Å². The van der Waals surface area contributed by atoms with Crippen LogP contribution in [0.25, 0.3) is 0 Å². The third kappa shape index (κ3) is 4.11. The van der Waals surface area contributed by atoms with Crippen molar-refractivity contribution in [3.63, 3.8) is 0 Å². The molecule has 5 nitrogen and oxygen atoms in total. The van der Waals surface area contributed by atoms with Gasteiger partial charge in [0.05, 0.1) is 0 Å². The van der Waals surface area contributed by atoms with Gasteiger partial charge >= 0.3 is 6.09 Å². The van der Waals surface area contributed by atoms with Gasteiger partial charge in [0.1, 0.15) is 17.6 Å². The van der Waals surface area contributed by atoms with Crippen LogP contribution in [0.5, 0.6) is 0 Å². The number of likely N-dealkylation sites (tertiary alicyclic amines) is 1. The van der Waals surface area contributed by atoms with Crippen molar-refractivity contribution in [1.29, 1.82) is 0 Å². The van der Waals surface area contributed by atoms with Gasteiger partial charge in [0.2, 0.25) is 0 Å². The average molecular weight is 277 g/mol. The van der Waals surface area contributed by atoms with Crippen molar-refractivity contribution in [3.05, 3.63) is 24.4 Å². The highest BCUT2D eigenvalue weighted by molar-refractivity contribution is 5.69. The summed E-state index contributed by atoms with van der Waals surface area (Å²) in [6.45, 7) is 6.38.